The zero-order chi connectivity index (χ0) is 21.1. The molecule has 1 N–H and O–H groups in total. The highest BCUT2D eigenvalue weighted by Gasteiger charge is 2.33. The topological polar surface area (TPSA) is 63.3 Å². The number of ether oxygens (including phenoxy) is 3. The molecular weight excluding hydrogens is 426 g/mol. The van der Waals surface area contributed by atoms with Crippen LogP contribution in [0.25, 0.3) is 0 Å². The largest absolute Gasteiger partial charge is 0.495 e. The van der Waals surface area contributed by atoms with Crippen LogP contribution in [0.2, 0.25) is 5.02 Å². The number of thiocarbonyl (C=S) groups is 1. The van der Waals surface area contributed by atoms with Crippen LogP contribution >= 0.6 is 23.8 Å². The van der Waals surface area contributed by atoms with E-state index in [1.54, 1.807) is 36.3 Å². The van der Waals surface area contributed by atoms with E-state index in [9.17, 15) is 4.79 Å². The van der Waals surface area contributed by atoms with Gasteiger partial charge in [0.05, 0.1) is 12.8 Å². The van der Waals surface area contributed by atoms with Crippen molar-refractivity contribution in [2.75, 3.05) is 45.2 Å². The second-order valence-electron chi connectivity index (χ2n) is 6.95. The van der Waals surface area contributed by atoms with E-state index in [-0.39, 0.29) is 12.5 Å². The van der Waals surface area contributed by atoms with Crippen LogP contribution in [0, 0.1) is 0 Å². The Morgan fingerprint density at radius 2 is 1.83 bits per heavy atom. The van der Waals surface area contributed by atoms with Crippen molar-refractivity contribution in [1.82, 2.24) is 9.80 Å². The van der Waals surface area contributed by atoms with Gasteiger partial charge in [0.15, 0.2) is 16.6 Å². The van der Waals surface area contributed by atoms with Crippen molar-refractivity contribution in [3.05, 3.63) is 47.5 Å². The Balaban J connectivity index is 1.32. The lowest BCUT2D eigenvalue weighted by atomic mass is 10.2. The molecule has 7 nitrogen and oxygen atoms in total. The predicted molar refractivity (Wildman–Crippen MR) is 119 cm³/mol. The molecule has 1 fully saturated rings. The molecule has 0 radical (unpaired) electrons. The molecular formula is C21H22ClN3O4S. The summed E-state index contributed by atoms with van der Waals surface area (Å²) in [6, 6.07) is 12.7. The minimum atomic E-state index is -0.632. The monoisotopic (exact) mass is 447 g/mol. The number of piperazine rings is 1. The number of amides is 1. The standard InChI is InChI=1S/C21H22ClN3O4S/c1-27-16-7-6-14(22)12-15(16)23-21(30)25-10-8-24(9-11-25)20(26)19-13-28-17-4-2-3-5-18(17)29-19/h2-7,12,19H,8-11,13H2,1H3,(H,23,30). The van der Waals surface area contributed by atoms with Crippen molar-refractivity contribution < 1.29 is 19.0 Å². The fraction of sp³-hybridized carbons (Fsp3) is 0.333. The highest BCUT2D eigenvalue weighted by atomic mass is 35.5. The summed E-state index contributed by atoms with van der Waals surface area (Å²) in [5.41, 5.74) is 0.708. The van der Waals surface area contributed by atoms with Gasteiger partial charge in [0, 0.05) is 31.2 Å². The van der Waals surface area contributed by atoms with Crippen LogP contribution in [-0.4, -0.2) is 66.8 Å². The molecule has 0 bridgehead atoms. The zero-order valence-electron chi connectivity index (χ0n) is 16.5. The smallest absolute Gasteiger partial charge is 0.267 e. The van der Waals surface area contributed by atoms with Gasteiger partial charge in [0.25, 0.3) is 5.91 Å². The second-order valence-corrected chi connectivity index (χ2v) is 7.77. The van der Waals surface area contributed by atoms with Gasteiger partial charge in [-0.05, 0) is 42.5 Å². The van der Waals surface area contributed by atoms with Crippen molar-refractivity contribution in [1.29, 1.82) is 0 Å². The van der Waals surface area contributed by atoms with E-state index in [1.165, 1.54) is 0 Å². The summed E-state index contributed by atoms with van der Waals surface area (Å²) in [5, 5.41) is 4.34. The number of para-hydroxylation sites is 2. The van der Waals surface area contributed by atoms with Crippen LogP contribution < -0.4 is 19.5 Å². The van der Waals surface area contributed by atoms with Gasteiger partial charge in [-0.2, -0.15) is 0 Å². The zero-order valence-corrected chi connectivity index (χ0v) is 18.0. The quantitative estimate of drug-likeness (QED) is 0.725. The van der Waals surface area contributed by atoms with Crippen molar-refractivity contribution in [2.45, 2.75) is 6.10 Å². The van der Waals surface area contributed by atoms with Crippen molar-refractivity contribution in [3.8, 4) is 17.2 Å². The number of fused-ring (bicyclic) bond motifs is 1. The summed E-state index contributed by atoms with van der Waals surface area (Å²) in [6.07, 6.45) is -0.632. The summed E-state index contributed by atoms with van der Waals surface area (Å²) in [4.78, 5) is 16.7. The highest BCUT2D eigenvalue weighted by molar-refractivity contribution is 7.80. The molecule has 158 valence electrons. The Bertz CT molecular complexity index is 950. The number of nitrogens with zero attached hydrogens (tertiary/aromatic N) is 2. The molecule has 1 saturated heterocycles. The number of rotatable bonds is 3. The summed E-state index contributed by atoms with van der Waals surface area (Å²) in [6.45, 7) is 2.55. The second kappa shape index (κ2) is 8.97. The number of methoxy groups -OCH3 is 1. The number of carbonyl (C=O) groups is 1. The molecule has 0 spiro atoms. The van der Waals surface area contributed by atoms with Crippen LogP contribution in [-0.2, 0) is 4.79 Å². The van der Waals surface area contributed by atoms with E-state index in [1.807, 2.05) is 23.1 Å². The van der Waals surface area contributed by atoms with Gasteiger partial charge < -0.3 is 29.3 Å². The molecule has 2 aliphatic heterocycles. The molecule has 2 aromatic carbocycles. The molecule has 30 heavy (non-hydrogen) atoms. The Morgan fingerprint density at radius 3 is 2.57 bits per heavy atom. The number of anilines is 1. The molecule has 2 aliphatic rings. The van der Waals surface area contributed by atoms with E-state index >= 15 is 0 Å². The molecule has 1 amide bonds. The lowest BCUT2D eigenvalue weighted by Crippen LogP contribution is -2.55. The number of carbonyl (C=O) groups excluding carboxylic acids is 1. The average Bonchev–Trinajstić information content (AvgIpc) is 2.78. The fourth-order valence-electron chi connectivity index (χ4n) is 3.45. The minimum absolute atomic E-state index is 0.0699. The van der Waals surface area contributed by atoms with Gasteiger partial charge in [0.1, 0.15) is 12.4 Å². The Morgan fingerprint density at radius 1 is 1.13 bits per heavy atom. The normalized spacial score (nSPS) is 18.0. The first kappa shape index (κ1) is 20.6. The first-order chi connectivity index (χ1) is 14.5. The van der Waals surface area contributed by atoms with Gasteiger partial charge in [-0.3, -0.25) is 4.79 Å². The van der Waals surface area contributed by atoms with Crippen LogP contribution in [0.15, 0.2) is 42.5 Å². The predicted octanol–water partition coefficient (Wildman–Crippen LogP) is 3.03. The number of nitrogens with one attached hydrogen (secondary N) is 1. The average molecular weight is 448 g/mol. The van der Waals surface area contributed by atoms with E-state index in [0.29, 0.717) is 59.3 Å². The minimum Gasteiger partial charge on any atom is -0.495 e. The molecule has 0 saturated carbocycles. The van der Waals surface area contributed by atoms with Crippen LogP contribution in [0.5, 0.6) is 17.2 Å². The first-order valence-electron chi connectivity index (χ1n) is 9.62. The molecule has 4 rings (SSSR count). The fourth-order valence-corrected chi connectivity index (χ4v) is 3.91. The summed E-state index contributed by atoms with van der Waals surface area (Å²) >= 11 is 11.6. The summed E-state index contributed by atoms with van der Waals surface area (Å²) in [7, 11) is 1.59. The lowest BCUT2D eigenvalue weighted by molar-refractivity contribution is -0.142. The van der Waals surface area contributed by atoms with E-state index in [4.69, 9.17) is 38.0 Å². The maximum absolute atomic E-state index is 12.9. The van der Waals surface area contributed by atoms with E-state index < -0.39 is 6.10 Å². The number of halogens is 1. The Kier molecular flexibility index (Phi) is 6.15. The number of hydrogen-bond acceptors (Lipinski definition) is 5. The number of hydrogen-bond donors (Lipinski definition) is 1. The molecule has 2 aromatic rings. The number of benzene rings is 2. The molecule has 9 heteroatoms. The van der Waals surface area contributed by atoms with Crippen LogP contribution in [0.4, 0.5) is 5.69 Å². The third-order valence-electron chi connectivity index (χ3n) is 5.07. The van der Waals surface area contributed by atoms with Crippen LogP contribution in [0.1, 0.15) is 0 Å². The Hall–Kier alpha value is -2.71. The van der Waals surface area contributed by atoms with Gasteiger partial charge in [-0.15, -0.1) is 0 Å². The molecule has 0 aliphatic carbocycles. The summed E-state index contributed by atoms with van der Waals surface area (Å²) < 4.78 is 16.9. The molecule has 0 aromatic heterocycles. The maximum Gasteiger partial charge on any atom is 0.267 e. The summed E-state index contributed by atoms with van der Waals surface area (Å²) in [5.74, 6) is 1.85. The highest BCUT2D eigenvalue weighted by Crippen LogP contribution is 2.31. The molecule has 1 atom stereocenters. The maximum atomic E-state index is 12.9. The van der Waals surface area contributed by atoms with Gasteiger partial charge in [0.2, 0.25) is 6.10 Å². The Labute approximate surface area is 185 Å². The van der Waals surface area contributed by atoms with E-state index in [0.717, 1.165) is 0 Å². The van der Waals surface area contributed by atoms with Gasteiger partial charge >= 0.3 is 0 Å². The third-order valence-corrected chi connectivity index (χ3v) is 5.66. The third kappa shape index (κ3) is 4.39. The van der Waals surface area contributed by atoms with E-state index in [2.05, 4.69) is 5.32 Å². The molecule has 2 heterocycles. The van der Waals surface area contributed by atoms with Crippen molar-refractivity contribution in [2.24, 2.45) is 0 Å². The van der Waals surface area contributed by atoms with Crippen molar-refractivity contribution in [3.63, 3.8) is 0 Å². The van der Waals surface area contributed by atoms with Crippen LogP contribution in [0.3, 0.4) is 0 Å². The van der Waals surface area contributed by atoms with Crippen molar-refractivity contribution >= 4 is 40.5 Å². The lowest BCUT2D eigenvalue weighted by Gasteiger charge is -2.38. The SMILES string of the molecule is COc1ccc(Cl)cc1NC(=S)N1CCN(C(=O)C2COc3ccccc3O2)CC1. The molecule has 1 unspecified atom stereocenters. The first-order valence-corrected chi connectivity index (χ1v) is 10.4. The van der Waals surface area contributed by atoms with Gasteiger partial charge in [-0.1, -0.05) is 23.7 Å². The van der Waals surface area contributed by atoms with Gasteiger partial charge in [-0.25, -0.2) is 0 Å².